The van der Waals surface area contributed by atoms with Crippen molar-refractivity contribution >= 4 is 11.6 Å². The van der Waals surface area contributed by atoms with Crippen molar-refractivity contribution in [3.8, 4) is 0 Å². The summed E-state index contributed by atoms with van der Waals surface area (Å²) in [5.74, 6) is 1.06. The molecule has 1 aliphatic carbocycles. The first kappa shape index (κ1) is 13.7. The van der Waals surface area contributed by atoms with Gasteiger partial charge in [0.2, 0.25) is 0 Å². The fourth-order valence-corrected chi connectivity index (χ4v) is 3.66. The molecule has 2 aromatic rings. The zero-order chi connectivity index (χ0) is 14.3. The molecule has 0 spiro atoms. The Bertz CT molecular complexity index is 598. The van der Waals surface area contributed by atoms with Gasteiger partial charge in [-0.2, -0.15) is 5.10 Å². The largest absolute Gasteiger partial charge is 0.282 e. The molecule has 1 heterocycles. The highest BCUT2D eigenvalue weighted by atomic mass is 35.5. The number of nitrogens with one attached hydrogen (secondary N) is 1. The van der Waals surface area contributed by atoms with E-state index in [1.165, 1.54) is 16.7 Å². The summed E-state index contributed by atoms with van der Waals surface area (Å²) in [6, 6.07) is 9.01. The second-order valence-corrected chi connectivity index (χ2v) is 6.66. The fourth-order valence-electron chi connectivity index (χ4n) is 3.15. The molecular formula is C17H21ClN2. The summed E-state index contributed by atoms with van der Waals surface area (Å²) in [5.41, 5.74) is 6.26. The lowest BCUT2D eigenvalue weighted by molar-refractivity contribution is 0.564. The number of fused-ring (bicyclic) bond motifs is 1. The van der Waals surface area contributed by atoms with E-state index < -0.39 is 0 Å². The van der Waals surface area contributed by atoms with Crippen LogP contribution >= 0.6 is 11.6 Å². The number of hydrogen-bond donors (Lipinski definition) is 1. The van der Waals surface area contributed by atoms with E-state index in [9.17, 15) is 0 Å². The van der Waals surface area contributed by atoms with Gasteiger partial charge in [-0.15, -0.1) is 11.6 Å². The van der Waals surface area contributed by atoms with Crippen molar-refractivity contribution in [1.82, 2.24) is 10.2 Å². The Balaban J connectivity index is 1.86. The number of halogens is 1. The Labute approximate surface area is 125 Å². The number of rotatable bonds is 2. The minimum atomic E-state index is 0.0762. The van der Waals surface area contributed by atoms with Gasteiger partial charge in [-0.05, 0) is 42.7 Å². The molecule has 106 valence electrons. The van der Waals surface area contributed by atoms with Crippen LogP contribution in [0.4, 0.5) is 0 Å². The number of benzene rings is 1. The first-order valence-electron chi connectivity index (χ1n) is 7.34. The number of hydrogen-bond acceptors (Lipinski definition) is 1. The van der Waals surface area contributed by atoms with Crippen LogP contribution in [0.25, 0.3) is 0 Å². The van der Waals surface area contributed by atoms with Crippen LogP contribution in [-0.4, -0.2) is 10.2 Å². The molecule has 2 nitrogen and oxygen atoms in total. The van der Waals surface area contributed by atoms with Gasteiger partial charge < -0.3 is 0 Å². The quantitative estimate of drug-likeness (QED) is 0.786. The summed E-state index contributed by atoms with van der Waals surface area (Å²) in [6.07, 6.45) is 1.99. The third-order valence-electron chi connectivity index (χ3n) is 4.39. The first-order chi connectivity index (χ1) is 9.56. The molecule has 1 aromatic carbocycles. The molecule has 3 heteroatoms. The topological polar surface area (TPSA) is 28.7 Å². The number of alkyl halides is 1. The van der Waals surface area contributed by atoms with Gasteiger partial charge in [0.05, 0.1) is 11.1 Å². The molecule has 3 rings (SSSR count). The Kier molecular flexibility index (Phi) is 3.59. The molecule has 1 aromatic heterocycles. The van der Waals surface area contributed by atoms with Crippen molar-refractivity contribution in [2.75, 3.05) is 0 Å². The molecule has 1 N–H and O–H groups in total. The zero-order valence-corrected chi connectivity index (χ0v) is 13.0. The molecule has 0 saturated carbocycles. The summed E-state index contributed by atoms with van der Waals surface area (Å²) in [6.45, 7) is 6.51. The predicted octanol–water partition coefficient (Wildman–Crippen LogP) is 4.85. The molecular weight excluding hydrogens is 268 g/mol. The number of aromatic nitrogens is 2. The van der Waals surface area contributed by atoms with Gasteiger partial charge >= 0.3 is 0 Å². The van der Waals surface area contributed by atoms with Gasteiger partial charge in [-0.3, -0.25) is 5.10 Å². The van der Waals surface area contributed by atoms with Crippen LogP contribution in [0.15, 0.2) is 24.3 Å². The smallest absolute Gasteiger partial charge is 0.0677 e. The van der Waals surface area contributed by atoms with Crippen LogP contribution in [0.2, 0.25) is 0 Å². The maximum absolute atomic E-state index is 6.56. The molecule has 0 fully saturated rings. The average Bonchev–Trinajstić information content (AvgIpc) is 2.81. The standard InChI is InChI=1S/C17H21ClN2/c1-10(2)12-4-6-13(7-5-12)14-8-15(18)17-11(3)19-20-16(17)9-14/h4-7,10,14-15H,8-9H2,1-3H3,(H,19,20). The molecule has 2 unspecified atom stereocenters. The lowest BCUT2D eigenvalue weighted by Gasteiger charge is -2.26. The van der Waals surface area contributed by atoms with Crippen molar-refractivity contribution in [1.29, 1.82) is 0 Å². The monoisotopic (exact) mass is 288 g/mol. The summed E-state index contributed by atoms with van der Waals surface area (Å²) in [7, 11) is 0. The van der Waals surface area contributed by atoms with E-state index >= 15 is 0 Å². The van der Waals surface area contributed by atoms with Crippen LogP contribution < -0.4 is 0 Å². The average molecular weight is 289 g/mol. The lowest BCUT2D eigenvalue weighted by atomic mass is 9.82. The van der Waals surface area contributed by atoms with Gasteiger partial charge in [0.1, 0.15) is 0 Å². The van der Waals surface area contributed by atoms with Crippen molar-refractivity contribution in [2.45, 2.75) is 50.8 Å². The molecule has 0 aliphatic heterocycles. The normalized spacial score (nSPS) is 22.1. The number of nitrogens with zero attached hydrogens (tertiary/aromatic N) is 1. The summed E-state index contributed by atoms with van der Waals surface area (Å²) in [4.78, 5) is 0. The van der Waals surface area contributed by atoms with Crippen molar-refractivity contribution in [2.24, 2.45) is 0 Å². The molecule has 2 atom stereocenters. The summed E-state index contributed by atoms with van der Waals surface area (Å²) < 4.78 is 0. The maximum Gasteiger partial charge on any atom is 0.0677 e. The van der Waals surface area contributed by atoms with Crippen LogP contribution in [0.3, 0.4) is 0 Å². The Hall–Kier alpha value is -1.28. The van der Waals surface area contributed by atoms with Crippen molar-refractivity contribution in [3.05, 3.63) is 52.3 Å². The second-order valence-electron chi connectivity index (χ2n) is 6.13. The third kappa shape index (κ3) is 2.37. The number of H-pyrrole nitrogens is 1. The Morgan fingerprint density at radius 2 is 1.95 bits per heavy atom. The van der Waals surface area contributed by atoms with E-state index in [-0.39, 0.29) is 5.38 Å². The Morgan fingerprint density at radius 1 is 1.25 bits per heavy atom. The van der Waals surface area contributed by atoms with E-state index in [1.807, 2.05) is 0 Å². The first-order valence-corrected chi connectivity index (χ1v) is 7.77. The molecule has 20 heavy (non-hydrogen) atoms. The van der Waals surface area contributed by atoms with Gasteiger partial charge in [-0.25, -0.2) is 0 Å². The highest BCUT2D eigenvalue weighted by molar-refractivity contribution is 6.21. The Morgan fingerprint density at radius 3 is 2.60 bits per heavy atom. The van der Waals surface area contributed by atoms with Crippen LogP contribution in [0.5, 0.6) is 0 Å². The van der Waals surface area contributed by atoms with Crippen molar-refractivity contribution < 1.29 is 0 Å². The summed E-state index contributed by atoms with van der Waals surface area (Å²) in [5, 5.41) is 7.57. The second kappa shape index (κ2) is 5.25. The molecule has 0 radical (unpaired) electrons. The van der Waals surface area contributed by atoms with Crippen molar-refractivity contribution in [3.63, 3.8) is 0 Å². The molecule has 0 bridgehead atoms. The van der Waals surface area contributed by atoms with Crippen LogP contribution in [0.1, 0.15) is 65.6 Å². The minimum absolute atomic E-state index is 0.0762. The zero-order valence-electron chi connectivity index (χ0n) is 12.3. The number of aromatic amines is 1. The number of aryl methyl sites for hydroxylation is 1. The molecule has 0 amide bonds. The maximum atomic E-state index is 6.56. The SMILES string of the molecule is Cc1[nH]nc2c1C(Cl)CC(c1ccc(C(C)C)cc1)C2. The molecule has 0 saturated heterocycles. The van der Waals surface area contributed by atoms with Gasteiger partial charge in [0, 0.05) is 11.3 Å². The van der Waals surface area contributed by atoms with Crippen LogP contribution in [0, 0.1) is 6.92 Å². The summed E-state index contributed by atoms with van der Waals surface area (Å²) >= 11 is 6.56. The lowest BCUT2D eigenvalue weighted by Crippen LogP contribution is -2.14. The predicted molar refractivity (Wildman–Crippen MR) is 83.5 cm³/mol. The minimum Gasteiger partial charge on any atom is -0.282 e. The fraction of sp³-hybridized carbons (Fsp3) is 0.471. The van der Waals surface area contributed by atoms with E-state index in [2.05, 4.69) is 55.2 Å². The highest BCUT2D eigenvalue weighted by Gasteiger charge is 2.30. The van der Waals surface area contributed by atoms with E-state index in [0.29, 0.717) is 11.8 Å². The van der Waals surface area contributed by atoms with Crippen LogP contribution in [-0.2, 0) is 6.42 Å². The van der Waals surface area contributed by atoms with Gasteiger partial charge in [-0.1, -0.05) is 38.1 Å². The third-order valence-corrected chi connectivity index (χ3v) is 4.79. The van der Waals surface area contributed by atoms with Gasteiger partial charge in [0.25, 0.3) is 0 Å². The highest BCUT2D eigenvalue weighted by Crippen LogP contribution is 2.42. The van der Waals surface area contributed by atoms with E-state index in [0.717, 1.165) is 24.2 Å². The van der Waals surface area contributed by atoms with Gasteiger partial charge in [0.15, 0.2) is 0 Å². The van der Waals surface area contributed by atoms with E-state index in [1.54, 1.807) is 0 Å². The van der Waals surface area contributed by atoms with E-state index in [4.69, 9.17) is 11.6 Å². The molecule has 1 aliphatic rings.